The number of carbonyl (C=O) groups is 1. The molecule has 0 saturated carbocycles. The first-order chi connectivity index (χ1) is 21.1. The van der Waals surface area contributed by atoms with Crippen LogP contribution in [0.3, 0.4) is 0 Å². The summed E-state index contributed by atoms with van der Waals surface area (Å²) in [5, 5.41) is 0.526. The summed E-state index contributed by atoms with van der Waals surface area (Å²) in [5.74, 6) is -1.09. The number of thiazole rings is 1. The maximum atomic E-state index is 16.7. The Balaban J connectivity index is 1.33. The van der Waals surface area contributed by atoms with Crippen molar-refractivity contribution >= 4 is 60.9 Å². The number of likely N-dealkylation sites (N-methyl/N-ethyl adjacent to an activating group) is 1. The molecule has 5 heterocycles. The third-order valence-electron chi connectivity index (χ3n) is 9.08. The topological polar surface area (TPSA) is 101 Å². The smallest absolute Gasteiger partial charge is 0.319 e. The van der Waals surface area contributed by atoms with E-state index >= 15 is 4.39 Å². The third-order valence-corrected chi connectivity index (χ3v) is 10.3. The molecule has 14 heteroatoms. The predicted octanol–water partition coefficient (Wildman–Crippen LogP) is 5.21. The van der Waals surface area contributed by atoms with E-state index in [1.54, 1.807) is 18.0 Å². The summed E-state index contributed by atoms with van der Waals surface area (Å²) < 4.78 is 52.0. The van der Waals surface area contributed by atoms with Gasteiger partial charge in [-0.05, 0) is 43.7 Å². The van der Waals surface area contributed by atoms with Crippen LogP contribution in [0.15, 0.2) is 30.9 Å². The number of amides is 1. The van der Waals surface area contributed by atoms with Gasteiger partial charge in [0.2, 0.25) is 5.91 Å². The molecule has 230 valence electrons. The molecule has 44 heavy (non-hydrogen) atoms. The van der Waals surface area contributed by atoms with E-state index in [-0.39, 0.29) is 61.6 Å². The van der Waals surface area contributed by atoms with E-state index < -0.39 is 23.3 Å². The highest BCUT2D eigenvalue weighted by Crippen LogP contribution is 2.44. The van der Waals surface area contributed by atoms with Crippen LogP contribution in [0, 0.1) is 11.6 Å². The molecule has 4 aromatic rings. The maximum Gasteiger partial charge on any atom is 0.319 e. The summed E-state index contributed by atoms with van der Waals surface area (Å²) in [6, 6.07) is 4.04. The number of nitrogens with zero attached hydrogens (tertiary/aromatic N) is 6. The number of benzene rings is 2. The number of fused-ring (bicyclic) bond motifs is 3. The number of hydrogen-bond donors (Lipinski definition) is 1. The van der Waals surface area contributed by atoms with Crippen LogP contribution in [-0.4, -0.2) is 88.2 Å². The monoisotopic (exact) mass is 643 g/mol. The second-order valence-corrected chi connectivity index (χ2v) is 13.1. The van der Waals surface area contributed by atoms with Crippen LogP contribution in [0.4, 0.5) is 24.1 Å². The van der Waals surface area contributed by atoms with Crippen molar-refractivity contribution in [2.45, 2.75) is 37.0 Å². The van der Waals surface area contributed by atoms with E-state index in [1.807, 2.05) is 4.90 Å². The number of nitrogens with two attached hydrogens (primary N) is 1. The number of halogens is 4. The first-order valence-corrected chi connectivity index (χ1v) is 15.5. The minimum Gasteiger partial charge on any atom is -0.461 e. The number of likely N-dealkylation sites (tertiary alicyclic amines) is 1. The second-order valence-electron chi connectivity index (χ2n) is 11.7. The van der Waals surface area contributed by atoms with E-state index in [1.165, 1.54) is 18.2 Å². The van der Waals surface area contributed by atoms with Crippen molar-refractivity contribution in [3.63, 3.8) is 0 Å². The van der Waals surface area contributed by atoms with Crippen LogP contribution >= 0.6 is 22.9 Å². The van der Waals surface area contributed by atoms with Crippen molar-refractivity contribution in [2.24, 2.45) is 0 Å². The Morgan fingerprint density at radius 1 is 1.27 bits per heavy atom. The van der Waals surface area contributed by atoms with Crippen molar-refractivity contribution in [1.82, 2.24) is 24.8 Å². The summed E-state index contributed by atoms with van der Waals surface area (Å²) in [7, 11) is 1.80. The number of aromatic nitrogens is 3. The Hall–Kier alpha value is -3.68. The fourth-order valence-electron chi connectivity index (χ4n) is 6.76. The molecule has 0 radical (unpaired) electrons. The van der Waals surface area contributed by atoms with Crippen LogP contribution in [0.25, 0.3) is 32.2 Å². The van der Waals surface area contributed by atoms with Gasteiger partial charge in [-0.15, -0.1) is 0 Å². The van der Waals surface area contributed by atoms with Crippen molar-refractivity contribution < 1.29 is 22.7 Å². The second kappa shape index (κ2) is 10.7. The van der Waals surface area contributed by atoms with Gasteiger partial charge in [0, 0.05) is 49.6 Å². The normalized spacial score (nSPS) is 22.0. The van der Waals surface area contributed by atoms with Crippen LogP contribution < -0.4 is 15.4 Å². The maximum absolute atomic E-state index is 16.7. The summed E-state index contributed by atoms with van der Waals surface area (Å²) in [5.41, 5.74) is 5.82. The largest absolute Gasteiger partial charge is 0.461 e. The van der Waals surface area contributed by atoms with Gasteiger partial charge in [-0.3, -0.25) is 9.69 Å². The fraction of sp³-hybridized carbons (Fsp3) is 0.400. The predicted molar refractivity (Wildman–Crippen MR) is 165 cm³/mol. The molecule has 3 aliphatic rings. The summed E-state index contributed by atoms with van der Waals surface area (Å²) >= 11 is 7.70. The number of anilines is 2. The Morgan fingerprint density at radius 3 is 2.84 bits per heavy atom. The first kappa shape index (κ1) is 29.1. The lowest BCUT2D eigenvalue weighted by atomic mass is 9.95. The van der Waals surface area contributed by atoms with Gasteiger partial charge in [0.25, 0.3) is 0 Å². The van der Waals surface area contributed by atoms with Crippen molar-refractivity contribution in [3.8, 4) is 17.1 Å². The summed E-state index contributed by atoms with van der Waals surface area (Å²) in [6.07, 6.45) is 2.40. The quantitative estimate of drug-likeness (QED) is 0.274. The number of ether oxygens (including phenoxy) is 1. The highest BCUT2D eigenvalue weighted by molar-refractivity contribution is 7.22. The summed E-state index contributed by atoms with van der Waals surface area (Å²) in [6.45, 7) is 5.70. The molecule has 2 atom stereocenters. The lowest BCUT2D eigenvalue weighted by molar-refractivity contribution is -0.130. The molecule has 9 nitrogen and oxygen atoms in total. The molecule has 7 rings (SSSR count). The molecule has 2 aromatic heterocycles. The number of alkyl halides is 1. The van der Waals surface area contributed by atoms with Crippen molar-refractivity contribution in [3.05, 3.63) is 47.5 Å². The minimum atomic E-state index is -0.938. The van der Waals surface area contributed by atoms with Gasteiger partial charge in [-0.1, -0.05) is 29.5 Å². The average Bonchev–Trinajstić information content (AvgIpc) is 3.63. The number of carbonyl (C=O) groups excluding carboxylic acids is 1. The van der Waals surface area contributed by atoms with Crippen LogP contribution in [0.1, 0.15) is 19.3 Å². The number of rotatable bonds is 7. The molecule has 1 amide bonds. The highest BCUT2D eigenvalue weighted by Gasteiger charge is 2.49. The van der Waals surface area contributed by atoms with Gasteiger partial charge < -0.3 is 20.3 Å². The number of nitrogen functional groups attached to an aromatic ring is 1. The lowest BCUT2D eigenvalue weighted by Gasteiger charge is -2.44. The van der Waals surface area contributed by atoms with E-state index in [0.29, 0.717) is 37.3 Å². The Bertz CT molecular complexity index is 1830. The lowest BCUT2D eigenvalue weighted by Crippen LogP contribution is -2.60. The molecular formula is C30H29ClF3N7O2S. The van der Waals surface area contributed by atoms with E-state index in [4.69, 9.17) is 22.1 Å². The zero-order valence-electron chi connectivity index (χ0n) is 23.8. The molecule has 0 aliphatic carbocycles. The van der Waals surface area contributed by atoms with Gasteiger partial charge in [-0.25, -0.2) is 18.2 Å². The van der Waals surface area contributed by atoms with Crippen molar-refractivity contribution in [2.75, 3.05) is 50.5 Å². The van der Waals surface area contributed by atoms with E-state index in [2.05, 4.69) is 26.4 Å². The molecule has 2 aromatic carbocycles. The average molecular weight is 644 g/mol. The zero-order chi connectivity index (χ0) is 30.9. The molecule has 2 N–H and O–H groups in total. The van der Waals surface area contributed by atoms with E-state index in [9.17, 15) is 13.6 Å². The Labute approximate surface area is 260 Å². The Kier molecular flexibility index (Phi) is 7.09. The SMILES string of the molecule is C=CC(=O)N1CC(N(C)c2nc(OC[C@]34CCCN3C[C@H](F)C4)nc3c(F)c(-c4ccc(F)c5sc(N)nc45)c(Cl)cc23)C1. The molecule has 0 bridgehead atoms. The first-order valence-electron chi connectivity index (χ1n) is 14.3. The fourth-order valence-corrected chi connectivity index (χ4v) is 7.82. The van der Waals surface area contributed by atoms with Crippen LogP contribution in [0.2, 0.25) is 5.02 Å². The van der Waals surface area contributed by atoms with Gasteiger partial charge in [-0.2, -0.15) is 9.97 Å². The number of hydrogen-bond acceptors (Lipinski definition) is 9. The molecule has 3 aliphatic heterocycles. The highest BCUT2D eigenvalue weighted by atomic mass is 35.5. The standard InChI is InChI=1S/C30H29ClF3N7O2S/c1-3-21(42)40-12-16(13-40)39(2)27-18-9-19(31)22(17-5-6-20(33)26-25(17)36-28(35)44-26)23(34)24(18)37-29(38-27)43-14-30-7-4-8-41(30)11-15(32)10-30/h3,5-6,9,15-16H,1,4,7-8,10-14H2,2H3,(H2,35,36)/t15-,30-/m1/s1. The molecule has 0 spiro atoms. The third kappa shape index (κ3) is 4.63. The van der Waals surface area contributed by atoms with Gasteiger partial charge >= 0.3 is 6.01 Å². The van der Waals surface area contributed by atoms with Gasteiger partial charge in [0.15, 0.2) is 10.9 Å². The molecular weight excluding hydrogens is 615 g/mol. The van der Waals surface area contributed by atoms with Crippen LogP contribution in [-0.2, 0) is 4.79 Å². The zero-order valence-corrected chi connectivity index (χ0v) is 25.4. The van der Waals surface area contributed by atoms with E-state index in [0.717, 1.165) is 30.7 Å². The minimum absolute atomic E-state index is 0.00394. The van der Waals surface area contributed by atoms with Gasteiger partial charge in [0.05, 0.1) is 26.8 Å². The van der Waals surface area contributed by atoms with Crippen LogP contribution in [0.5, 0.6) is 6.01 Å². The molecule has 0 unspecified atom stereocenters. The Morgan fingerprint density at radius 2 is 2.07 bits per heavy atom. The summed E-state index contributed by atoms with van der Waals surface area (Å²) in [4.78, 5) is 31.1. The van der Waals surface area contributed by atoms with Gasteiger partial charge in [0.1, 0.15) is 29.9 Å². The molecule has 3 saturated heterocycles. The molecule has 3 fully saturated rings. The van der Waals surface area contributed by atoms with Crippen molar-refractivity contribution in [1.29, 1.82) is 0 Å².